The number of aliphatic hydroxyl groups is 1. The highest BCUT2D eigenvalue weighted by Crippen LogP contribution is 2.29. The largest absolute Gasteiger partial charge is 0.494 e. The fraction of sp³-hybridized carbons (Fsp3) is 0.250. The second kappa shape index (κ2) is 6.44. The molecule has 2 heterocycles. The predicted molar refractivity (Wildman–Crippen MR) is 86.1 cm³/mol. The average Bonchev–Trinajstić information content (AvgIpc) is 2.97. The number of aromatic amines is 1. The molecule has 6 nitrogen and oxygen atoms in total. The second-order valence-corrected chi connectivity index (χ2v) is 4.79. The van der Waals surface area contributed by atoms with E-state index in [1.54, 1.807) is 6.20 Å². The lowest BCUT2D eigenvalue weighted by molar-refractivity contribution is 0.311. The third kappa shape index (κ3) is 2.87. The number of ether oxygens (including phenoxy) is 1. The molecule has 0 bridgehead atoms. The minimum absolute atomic E-state index is 0.0644. The highest BCUT2D eigenvalue weighted by Gasteiger charge is 2.10. The smallest absolute Gasteiger partial charge is 0.126 e. The molecule has 0 radical (unpaired) electrons. The Labute approximate surface area is 128 Å². The molecular weight excluding hydrogens is 280 g/mol. The minimum atomic E-state index is 0.0644. The van der Waals surface area contributed by atoms with Crippen molar-refractivity contribution in [2.75, 3.05) is 25.1 Å². The van der Waals surface area contributed by atoms with Gasteiger partial charge in [-0.2, -0.15) is 5.10 Å². The summed E-state index contributed by atoms with van der Waals surface area (Å²) in [5, 5.41) is 20.4. The molecule has 3 rings (SSSR count). The van der Waals surface area contributed by atoms with Gasteiger partial charge in [0.1, 0.15) is 17.3 Å². The van der Waals surface area contributed by atoms with Gasteiger partial charge in [-0.1, -0.05) is 0 Å². The van der Waals surface area contributed by atoms with E-state index in [1.165, 1.54) is 0 Å². The lowest BCUT2D eigenvalue weighted by atomic mass is 10.1. The van der Waals surface area contributed by atoms with Crippen LogP contribution in [0.25, 0.3) is 22.2 Å². The van der Waals surface area contributed by atoms with Crippen molar-refractivity contribution in [1.29, 1.82) is 0 Å². The number of aliphatic hydroxyl groups excluding tert-OH is 1. The van der Waals surface area contributed by atoms with Crippen molar-refractivity contribution in [2.45, 2.75) is 6.92 Å². The lowest BCUT2D eigenvalue weighted by Crippen LogP contribution is -2.06. The number of fused-ring (bicyclic) bond motifs is 1. The van der Waals surface area contributed by atoms with Crippen LogP contribution < -0.4 is 10.1 Å². The highest BCUT2D eigenvalue weighted by atomic mass is 16.5. The molecule has 0 fully saturated rings. The number of H-pyrrole nitrogens is 1. The van der Waals surface area contributed by atoms with Crippen LogP contribution in [0, 0.1) is 0 Å². The summed E-state index contributed by atoms with van der Waals surface area (Å²) in [7, 11) is 0. The Morgan fingerprint density at radius 3 is 3.00 bits per heavy atom. The van der Waals surface area contributed by atoms with Gasteiger partial charge in [-0.05, 0) is 37.3 Å². The van der Waals surface area contributed by atoms with Gasteiger partial charge in [-0.25, -0.2) is 4.98 Å². The van der Waals surface area contributed by atoms with Gasteiger partial charge >= 0.3 is 0 Å². The number of anilines is 1. The number of hydrogen-bond donors (Lipinski definition) is 3. The van der Waals surface area contributed by atoms with Crippen LogP contribution in [0.5, 0.6) is 5.75 Å². The van der Waals surface area contributed by atoms with Crippen molar-refractivity contribution in [2.24, 2.45) is 0 Å². The molecule has 3 aromatic rings. The van der Waals surface area contributed by atoms with Crippen molar-refractivity contribution < 1.29 is 9.84 Å². The first-order valence-electron chi connectivity index (χ1n) is 7.24. The van der Waals surface area contributed by atoms with Gasteiger partial charge in [0.15, 0.2) is 0 Å². The van der Waals surface area contributed by atoms with Gasteiger partial charge < -0.3 is 15.2 Å². The Morgan fingerprint density at radius 1 is 1.27 bits per heavy atom. The zero-order chi connectivity index (χ0) is 15.4. The van der Waals surface area contributed by atoms with E-state index in [9.17, 15) is 0 Å². The highest BCUT2D eigenvalue weighted by molar-refractivity contribution is 5.94. The molecule has 3 N–H and O–H groups in total. The summed E-state index contributed by atoms with van der Waals surface area (Å²) in [6.45, 7) is 3.12. The van der Waals surface area contributed by atoms with Crippen molar-refractivity contribution in [1.82, 2.24) is 15.2 Å². The molecule has 0 spiro atoms. The van der Waals surface area contributed by atoms with E-state index in [2.05, 4.69) is 20.5 Å². The van der Waals surface area contributed by atoms with E-state index < -0.39 is 0 Å². The van der Waals surface area contributed by atoms with Gasteiger partial charge in [-0.15, -0.1) is 0 Å². The first-order chi connectivity index (χ1) is 10.8. The quantitative estimate of drug-likeness (QED) is 0.651. The van der Waals surface area contributed by atoms with Crippen molar-refractivity contribution in [3.8, 4) is 17.0 Å². The Morgan fingerprint density at radius 2 is 2.18 bits per heavy atom. The van der Waals surface area contributed by atoms with Crippen LogP contribution in [0.3, 0.4) is 0 Å². The second-order valence-electron chi connectivity index (χ2n) is 4.79. The molecule has 6 heteroatoms. The van der Waals surface area contributed by atoms with Crippen molar-refractivity contribution >= 4 is 16.7 Å². The first-order valence-corrected chi connectivity index (χ1v) is 7.24. The number of hydrogen-bond acceptors (Lipinski definition) is 5. The Bertz CT molecular complexity index is 770. The third-order valence-corrected chi connectivity index (χ3v) is 3.30. The van der Waals surface area contributed by atoms with E-state index >= 15 is 0 Å². The van der Waals surface area contributed by atoms with Crippen LogP contribution in [0.4, 0.5) is 5.82 Å². The van der Waals surface area contributed by atoms with Crippen LogP contribution in [0.2, 0.25) is 0 Å². The Balaban J connectivity index is 2.00. The fourth-order valence-corrected chi connectivity index (χ4v) is 2.33. The van der Waals surface area contributed by atoms with Crippen molar-refractivity contribution in [3.63, 3.8) is 0 Å². The number of nitrogens with one attached hydrogen (secondary N) is 2. The normalized spacial score (nSPS) is 10.8. The van der Waals surface area contributed by atoms with Crippen LogP contribution in [0.15, 0.2) is 36.5 Å². The maximum absolute atomic E-state index is 8.88. The van der Waals surface area contributed by atoms with E-state index in [0.29, 0.717) is 19.0 Å². The zero-order valence-electron chi connectivity index (χ0n) is 12.3. The van der Waals surface area contributed by atoms with Gasteiger partial charge in [0.25, 0.3) is 0 Å². The molecule has 0 atom stereocenters. The average molecular weight is 298 g/mol. The molecule has 114 valence electrons. The summed E-state index contributed by atoms with van der Waals surface area (Å²) in [4.78, 5) is 4.23. The summed E-state index contributed by atoms with van der Waals surface area (Å²) in [5.41, 5.74) is 2.77. The molecule has 0 aliphatic heterocycles. The molecule has 2 aromatic heterocycles. The number of benzene rings is 1. The van der Waals surface area contributed by atoms with Gasteiger partial charge in [0.2, 0.25) is 0 Å². The maximum Gasteiger partial charge on any atom is 0.126 e. The van der Waals surface area contributed by atoms with E-state index in [-0.39, 0.29) is 6.61 Å². The summed E-state index contributed by atoms with van der Waals surface area (Å²) in [6, 6.07) is 9.70. The van der Waals surface area contributed by atoms with Crippen LogP contribution in [-0.2, 0) is 0 Å². The van der Waals surface area contributed by atoms with Crippen LogP contribution in [-0.4, -0.2) is 40.0 Å². The predicted octanol–water partition coefficient (Wildman–Crippen LogP) is 2.43. The van der Waals surface area contributed by atoms with Crippen LogP contribution >= 0.6 is 0 Å². The van der Waals surface area contributed by atoms with E-state index in [4.69, 9.17) is 9.84 Å². The van der Waals surface area contributed by atoms with Gasteiger partial charge in [0.05, 0.1) is 18.7 Å². The standard InChI is InChI=1S/C16H18N4O2/c1-2-22-12-3-4-14-13(10-12)16(20-19-14)11-5-6-17-15(9-11)18-7-8-21/h3-6,9-10,21H,2,7-8H2,1H3,(H,17,18)(H,19,20). The summed E-state index contributed by atoms with van der Waals surface area (Å²) in [5.74, 6) is 1.54. The summed E-state index contributed by atoms with van der Waals surface area (Å²) >= 11 is 0. The molecule has 0 amide bonds. The molecule has 1 aromatic carbocycles. The Hall–Kier alpha value is -2.60. The lowest BCUT2D eigenvalue weighted by Gasteiger charge is -2.06. The molecule has 0 saturated carbocycles. The zero-order valence-corrected chi connectivity index (χ0v) is 12.3. The summed E-state index contributed by atoms with van der Waals surface area (Å²) < 4.78 is 5.56. The first kappa shape index (κ1) is 14.3. The number of nitrogens with zero attached hydrogens (tertiary/aromatic N) is 2. The van der Waals surface area contributed by atoms with E-state index in [0.717, 1.165) is 27.9 Å². The van der Waals surface area contributed by atoms with Crippen LogP contribution in [0.1, 0.15) is 6.92 Å². The molecular formula is C16H18N4O2. The number of rotatable bonds is 6. The molecule has 0 aliphatic rings. The van der Waals surface area contributed by atoms with Gasteiger partial charge in [-0.3, -0.25) is 5.10 Å². The fourth-order valence-electron chi connectivity index (χ4n) is 2.33. The monoisotopic (exact) mass is 298 g/mol. The SMILES string of the molecule is CCOc1ccc2[nH]nc(-c3ccnc(NCCO)c3)c2c1. The molecule has 0 aliphatic carbocycles. The van der Waals surface area contributed by atoms with Crippen molar-refractivity contribution in [3.05, 3.63) is 36.5 Å². The number of pyridine rings is 1. The molecule has 22 heavy (non-hydrogen) atoms. The molecule has 0 unspecified atom stereocenters. The number of aromatic nitrogens is 3. The summed E-state index contributed by atoms with van der Waals surface area (Å²) in [6.07, 6.45) is 1.72. The Kier molecular flexibility index (Phi) is 4.20. The van der Waals surface area contributed by atoms with E-state index in [1.807, 2.05) is 37.3 Å². The minimum Gasteiger partial charge on any atom is -0.494 e. The molecule has 0 saturated heterocycles. The maximum atomic E-state index is 8.88. The van der Waals surface area contributed by atoms with Gasteiger partial charge in [0, 0.05) is 23.7 Å². The third-order valence-electron chi connectivity index (χ3n) is 3.30. The topological polar surface area (TPSA) is 83.1 Å².